The highest BCUT2D eigenvalue weighted by Gasteiger charge is 2.16. The molecular weight excluding hydrogens is 152 g/mol. The Bertz CT molecular complexity index is 145. The van der Waals surface area contributed by atoms with Gasteiger partial charge in [-0.2, -0.15) is 0 Å². The molecular formula is C9H20N2O. The van der Waals surface area contributed by atoms with E-state index in [1.54, 1.807) is 4.90 Å². The van der Waals surface area contributed by atoms with Crippen LogP contribution in [0.2, 0.25) is 0 Å². The zero-order chi connectivity index (χ0) is 9.78. The molecule has 0 aromatic heterocycles. The Balaban J connectivity index is 4.02. The van der Waals surface area contributed by atoms with Crippen molar-refractivity contribution in [2.24, 2.45) is 0 Å². The lowest BCUT2D eigenvalue weighted by Crippen LogP contribution is -2.48. The smallest absolute Gasteiger partial charge is 0.317 e. The maximum absolute atomic E-state index is 11.4. The average molecular weight is 172 g/mol. The first-order chi connectivity index (χ1) is 5.40. The summed E-state index contributed by atoms with van der Waals surface area (Å²) in [7, 11) is 0. The van der Waals surface area contributed by atoms with Gasteiger partial charge in [0.1, 0.15) is 0 Å². The maximum Gasteiger partial charge on any atom is 0.317 e. The molecule has 72 valence electrons. The van der Waals surface area contributed by atoms with Gasteiger partial charge in [0.25, 0.3) is 0 Å². The maximum atomic E-state index is 11.4. The zero-order valence-corrected chi connectivity index (χ0v) is 8.77. The largest absolute Gasteiger partial charge is 0.333 e. The quantitative estimate of drug-likeness (QED) is 0.677. The van der Waals surface area contributed by atoms with Gasteiger partial charge < -0.3 is 10.2 Å². The van der Waals surface area contributed by atoms with E-state index in [9.17, 15) is 4.79 Å². The Morgan fingerprint density at radius 2 is 1.67 bits per heavy atom. The average Bonchev–Trinajstić information content (AvgIpc) is 1.85. The first-order valence-electron chi connectivity index (χ1n) is 4.47. The Kier molecular flexibility index (Phi) is 4.07. The van der Waals surface area contributed by atoms with E-state index in [0.29, 0.717) is 0 Å². The van der Waals surface area contributed by atoms with E-state index in [1.807, 2.05) is 34.6 Å². The molecule has 0 aliphatic carbocycles. The van der Waals surface area contributed by atoms with Crippen LogP contribution in [0.25, 0.3) is 0 Å². The third-order valence-corrected chi connectivity index (χ3v) is 1.53. The second kappa shape index (κ2) is 4.33. The molecule has 0 spiro atoms. The summed E-state index contributed by atoms with van der Waals surface area (Å²) in [6.07, 6.45) is 0. The first kappa shape index (κ1) is 11.3. The van der Waals surface area contributed by atoms with Crippen molar-refractivity contribution in [3.63, 3.8) is 0 Å². The minimum Gasteiger partial charge on any atom is -0.333 e. The predicted octanol–water partition coefficient (Wildman–Crippen LogP) is 1.84. The molecule has 0 unspecified atom stereocenters. The fraction of sp³-hybridized carbons (Fsp3) is 0.889. The van der Waals surface area contributed by atoms with E-state index < -0.39 is 0 Å². The molecule has 2 amide bonds. The monoisotopic (exact) mass is 172 g/mol. The van der Waals surface area contributed by atoms with Gasteiger partial charge in [0.2, 0.25) is 0 Å². The van der Waals surface area contributed by atoms with Crippen molar-refractivity contribution in [3.8, 4) is 0 Å². The molecule has 0 aliphatic heterocycles. The van der Waals surface area contributed by atoms with Crippen LogP contribution >= 0.6 is 0 Å². The van der Waals surface area contributed by atoms with Gasteiger partial charge in [-0.15, -0.1) is 0 Å². The number of carbonyl (C=O) groups is 1. The van der Waals surface area contributed by atoms with Crippen molar-refractivity contribution in [1.29, 1.82) is 0 Å². The number of urea groups is 1. The molecule has 1 N–H and O–H groups in total. The van der Waals surface area contributed by atoms with Crippen molar-refractivity contribution in [1.82, 2.24) is 10.2 Å². The number of rotatable bonds is 2. The van der Waals surface area contributed by atoms with E-state index in [-0.39, 0.29) is 11.6 Å². The summed E-state index contributed by atoms with van der Waals surface area (Å²) in [5.41, 5.74) is -0.139. The minimum atomic E-state index is -0.139. The van der Waals surface area contributed by atoms with Crippen molar-refractivity contribution < 1.29 is 4.79 Å². The molecule has 3 nitrogen and oxygen atoms in total. The van der Waals surface area contributed by atoms with E-state index in [1.165, 1.54) is 0 Å². The Hall–Kier alpha value is -0.730. The number of carbonyl (C=O) groups excluding carboxylic acids is 1. The zero-order valence-electron chi connectivity index (χ0n) is 8.77. The van der Waals surface area contributed by atoms with Crippen molar-refractivity contribution in [2.45, 2.75) is 40.2 Å². The summed E-state index contributed by atoms with van der Waals surface area (Å²) in [5.74, 6) is 0. The molecule has 0 radical (unpaired) electrons. The molecule has 0 rings (SSSR count). The summed E-state index contributed by atoms with van der Waals surface area (Å²) >= 11 is 0. The Labute approximate surface area is 75.1 Å². The van der Waals surface area contributed by atoms with Crippen molar-refractivity contribution in [3.05, 3.63) is 0 Å². The summed E-state index contributed by atoms with van der Waals surface area (Å²) in [4.78, 5) is 13.2. The van der Waals surface area contributed by atoms with Crippen LogP contribution in [0.5, 0.6) is 0 Å². The lowest BCUT2D eigenvalue weighted by Gasteiger charge is -2.26. The van der Waals surface area contributed by atoms with Gasteiger partial charge in [0, 0.05) is 18.6 Å². The lowest BCUT2D eigenvalue weighted by atomic mass is 10.1. The van der Waals surface area contributed by atoms with Gasteiger partial charge in [-0.3, -0.25) is 0 Å². The van der Waals surface area contributed by atoms with Crippen LogP contribution in [0.4, 0.5) is 4.79 Å². The van der Waals surface area contributed by atoms with E-state index in [2.05, 4.69) is 5.32 Å². The van der Waals surface area contributed by atoms with Crippen LogP contribution in [0.1, 0.15) is 34.6 Å². The molecule has 0 saturated heterocycles. The van der Waals surface area contributed by atoms with Gasteiger partial charge in [-0.1, -0.05) is 0 Å². The van der Waals surface area contributed by atoms with Gasteiger partial charge in [0.05, 0.1) is 0 Å². The van der Waals surface area contributed by atoms with Crippen LogP contribution in [-0.2, 0) is 0 Å². The van der Waals surface area contributed by atoms with Crippen LogP contribution in [0, 0.1) is 0 Å². The molecule has 0 fully saturated rings. The van der Waals surface area contributed by atoms with E-state index >= 15 is 0 Å². The third-order valence-electron chi connectivity index (χ3n) is 1.53. The Morgan fingerprint density at radius 1 is 1.25 bits per heavy atom. The third kappa shape index (κ3) is 4.21. The number of nitrogens with one attached hydrogen (secondary N) is 1. The second-order valence-electron chi connectivity index (χ2n) is 3.85. The van der Waals surface area contributed by atoms with Crippen LogP contribution in [0.15, 0.2) is 0 Å². The highest BCUT2D eigenvalue weighted by Crippen LogP contribution is 2.00. The topological polar surface area (TPSA) is 32.3 Å². The fourth-order valence-corrected chi connectivity index (χ4v) is 0.911. The van der Waals surface area contributed by atoms with Gasteiger partial charge in [-0.05, 0) is 34.6 Å². The molecule has 0 aromatic carbocycles. The Morgan fingerprint density at radius 3 is 1.92 bits per heavy atom. The predicted molar refractivity (Wildman–Crippen MR) is 51.2 cm³/mol. The second-order valence-corrected chi connectivity index (χ2v) is 3.85. The molecule has 3 heteroatoms. The van der Waals surface area contributed by atoms with E-state index in [0.717, 1.165) is 13.1 Å². The summed E-state index contributed by atoms with van der Waals surface area (Å²) in [6.45, 7) is 11.4. The number of amides is 2. The van der Waals surface area contributed by atoms with Gasteiger partial charge in [-0.25, -0.2) is 4.79 Å². The number of nitrogens with zero attached hydrogens (tertiary/aromatic N) is 1. The summed E-state index contributed by atoms with van der Waals surface area (Å²) < 4.78 is 0. The molecule has 0 bridgehead atoms. The summed E-state index contributed by atoms with van der Waals surface area (Å²) in [6, 6.07) is 0.0208. The van der Waals surface area contributed by atoms with Crippen LogP contribution in [-0.4, -0.2) is 29.6 Å². The lowest BCUT2D eigenvalue weighted by molar-refractivity contribution is 0.194. The first-order valence-corrected chi connectivity index (χ1v) is 4.47. The SMILES string of the molecule is CCN(CC)C(=O)NC(C)(C)C. The summed E-state index contributed by atoms with van der Waals surface area (Å²) in [5, 5.41) is 2.91. The molecule has 0 aromatic rings. The van der Waals surface area contributed by atoms with Crippen molar-refractivity contribution in [2.75, 3.05) is 13.1 Å². The molecule has 0 heterocycles. The molecule has 12 heavy (non-hydrogen) atoms. The van der Waals surface area contributed by atoms with E-state index in [4.69, 9.17) is 0 Å². The van der Waals surface area contributed by atoms with Crippen molar-refractivity contribution >= 4 is 6.03 Å². The highest BCUT2D eigenvalue weighted by atomic mass is 16.2. The molecule has 0 aliphatic rings. The fourth-order valence-electron chi connectivity index (χ4n) is 0.911. The normalized spacial score (nSPS) is 11.1. The molecule has 0 atom stereocenters. The minimum absolute atomic E-state index is 0.0208. The highest BCUT2D eigenvalue weighted by molar-refractivity contribution is 5.74. The standard InChI is InChI=1S/C9H20N2O/c1-6-11(7-2)8(12)10-9(3,4)5/h6-7H2,1-5H3,(H,10,12). The van der Waals surface area contributed by atoms with Gasteiger partial charge >= 0.3 is 6.03 Å². The number of hydrogen-bond donors (Lipinski definition) is 1. The van der Waals surface area contributed by atoms with Crippen LogP contribution in [0.3, 0.4) is 0 Å². The van der Waals surface area contributed by atoms with Crippen LogP contribution < -0.4 is 5.32 Å². The molecule has 0 saturated carbocycles. The van der Waals surface area contributed by atoms with Gasteiger partial charge in [0.15, 0.2) is 0 Å². The number of hydrogen-bond acceptors (Lipinski definition) is 1.